The van der Waals surface area contributed by atoms with Gasteiger partial charge in [0.15, 0.2) is 0 Å². The highest BCUT2D eigenvalue weighted by Gasteiger charge is 2.17. The highest BCUT2D eigenvalue weighted by molar-refractivity contribution is 6.30. The number of carbonyl (C=O) groups excluding carboxylic acids is 1. The van der Waals surface area contributed by atoms with E-state index in [0.717, 1.165) is 17.7 Å². The number of benzene rings is 1. The molecule has 122 valence electrons. The molecule has 23 heavy (non-hydrogen) atoms. The molecule has 0 aliphatic rings. The molecule has 1 N–H and O–H groups in total. The lowest BCUT2D eigenvalue weighted by Crippen LogP contribution is -2.31. The van der Waals surface area contributed by atoms with Crippen LogP contribution >= 0.6 is 11.6 Å². The van der Waals surface area contributed by atoms with Crippen LogP contribution in [0.4, 0.5) is 0 Å². The number of rotatable bonds is 6. The molecular formula is C17H19ClN2O3. The van der Waals surface area contributed by atoms with Crippen LogP contribution in [0.5, 0.6) is 5.75 Å². The number of H-pyrrole nitrogens is 1. The zero-order valence-corrected chi connectivity index (χ0v) is 13.9. The summed E-state index contributed by atoms with van der Waals surface area (Å²) in [7, 11) is 1.61. The van der Waals surface area contributed by atoms with Crippen molar-refractivity contribution in [1.29, 1.82) is 0 Å². The minimum atomic E-state index is -0.405. The van der Waals surface area contributed by atoms with Gasteiger partial charge in [-0.1, -0.05) is 30.7 Å². The van der Waals surface area contributed by atoms with Crippen molar-refractivity contribution in [1.82, 2.24) is 9.88 Å². The molecule has 0 unspecified atom stereocenters. The molecule has 0 saturated carbocycles. The average Bonchev–Trinajstić information content (AvgIpc) is 2.56. The van der Waals surface area contributed by atoms with Gasteiger partial charge < -0.3 is 14.6 Å². The van der Waals surface area contributed by atoms with E-state index in [4.69, 9.17) is 16.3 Å². The van der Waals surface area contributed by atoms with Crippen molar-refractivity contribution in [2.75, 3.05) is 13.7 Å². The summed E-state index contributed by atoms with van der Waals surface area (Å²) in [5, 5.41) is 0.00804. The van der Waals surface area contributed by atoms with E-state index in [-0.39, 0.29) is 10.9 Å². The number of hydrogen-bond donors (Lipinski definition) is 1. The molecule has 1 aromatic heterocycles. The first-order valence-electron chi connectivity index (χ1n) is 7.35. The maximum atomic E-state index is 12.7. The number of nitrogens with zero attached hydrogens (tertiary/aromatic N) is 1. The third-order valence-electron chi connectivity index (χ3n) is 3.39. The van der Waals surface area contributed by atoms with Gasteiger partial charge >= 0.3 is 0 Å². The molecule has 0 radical (unpaired) electrons. The molecule has 5 nitrogen and oxygen atoms in total. The summed E-state index contributed by atoms with van der Waals surface area (Å²) in [6, 6.07) is 8.99. The quantitative estimate of drug-likeness (QED) is 0.883. The second-order valence-electron chi connectivity index (χ2n) is 5.14. The molecule has 0 spiro atoms. The standard InChI is InChI=1S/C17H19ClN2O3/c1-3-7-20(11-12-5-4-6-14(8-12)23-2)17(22)13-9-15(18)16(21)19-10-13/h4-6,8-10H,3,7,11H2,1-2H3,(H,19,21). The number of methoxy groups -OCH3 is 1. The Morgan fingerprint density at radius 3 is 2.78 bits per heavy atom. The number of ether oxygens (including phenoxy) is 1. The summed E-state index contributed by atoms with van der Waals surface area (Å²) < 4.78 is 5.21. The number of amides is 1. The van der Waals surface area contributed by atoms with E-state index in [2.05, 4.69) is 4.98 Å². The van der Waals surface area contributed by atoms with Crippen molar-refractivity contribution < 1.29 is 9.53 Å². The Kier molecular flexibility index (Phi) is 5.82. The predicted molar refractivity (Wildman–Crippen MR) is 90.1 cm³/mol. The number of pyridine rings is 1. The fourth-order valence-electron chi connectivity index (χ4n) is 2.28. The summed E-state index contributed by atoms with van der Waals surface area (Å²) in [6.45, 7) is 3.07. The molecule has 1 aromatic carbocycles. The highest BCUT2D eigenvalue weighted by Crippen LogP contribution is 2.16. The van der Waals surface area contributed by atoms with Gasteiger partial charge in [-0.05, 0) is 30.2 Å². The van der Waals surface area contributed by atoms with Gasteiger partial charge in [0.2, 0.25) is 0 Å². The number of nitrogens with one attached hydrogen (secondary N) is 1. The van der Waals surface area contributed by atoms with Crippen molar-refractivity contribution in [3.8, 4) is 5.75 Å². The monoisotopic (exact) mass is 334 g/mol. The molecule has 6 heteroatoms. The van der Waals surface area contributed by atoms with Gasteiger partial charge in [0, 0.05) is 19.3 Å². The molecule has 1 amide bonds. The molecule has 0 saturated heterocycles. The van der Waals surface area contributed by atoms with E-state index < -0.39 is 5.56 Å². The van der Waals surface area contributed by atoms with Crippen LogP contribution in [0.3, 0.4) is 0 Å². The van der Waals surface area contributed by atoms with Crippen LogP contribution in [-0.4, -0.2) is 29.4 Å². The third-order valence-corrected chi connectivity index (χ3v) is 3.67. The fraction of sp³-hybridized carbons (Fsp3) is 0.294. The highest BCUT2D eigenvalue weighted by atomic mass is 35.5. The molecule has 0 aliphatic heterocycles. The van der Waals surface area contributed by atoms with Crippen molar-refractivity contribution in [3.63, 3.8) is 0 Å². The Hall–Kier alpha value is -2.27. The third kappa shape index (κ3) is 4.36. The zero-order chi connectivity index (χ0) is 16.8. The normalized spacial score (nSPS) is 10.4. The lowest BCUT2D eigenvalue weighted by molar-refractivity contribution is 0.0742. The Bertz CT molecular complexity index is 743. The lowest BCUT2D eigenvalue weighted by atomic mass is 10.1. The zero-order valence-electron chi connectivity index (χ0n) is 13.1. The van der Waals surface area contributed by atoms with Crippen LogP contribution in [0.25, 0.3) is 0 Å². The summed E-state index contributed by atoms with van der Waals surface area (Å²) >= 11 is 5.81. The smallest absolute Gasteiger partial charge is 0.266 e. The van der Waals surface area contributed by atoms with Crippen molar-refractivity contribution in [2.45, 2.75) is 19.9 Å². The van der Waals surface area contributed by atoms with Crippen LogP contribution in [0.1, 0.15) is 29.3 Å². The van der Waals surface area contributed by atoms with Crippen LogP contribution in [0.2, 0.25) is 5.02 Å². The molecule has 2 aromatic rings. The average molecular weight is 335 g/mol. The van der Waals surface area contributed by atoms with E-state index in [0.29, 0.717) is 18.7 Å². The minimum Gasteiger partial charge on any atom is -0.497 e. The largest absolute Gasteiger partial charge is 0.497 e. The molecule has 0 bridgehead atoms. The van der Waals surface area contributed by atoms with Gasteiger partial charge in [0.25, 0.3) is 11.5 Å². The van der Waals surface area contributed by atoms with Crippen LogP contribution < -0.4 is 10.3 Å². The molecule has 2 rings (SSSR count). The van der Waals surface area contributed by atoms with E-state index in [1.54, 1.807) is 12.0 Å². The Morgan fingerprint density at radius 2 is 2.13 bits per heavy atom. The first kappa shape index (κ1) is 17.1. The molecule has 1 heterocycles. The minimum absolute atomic E-state index is 0.00804. The summed E-state index contributed by atoms with van der Waals surface area (Å²) in [4.78, 5) is 28.2. The summed E-state index contributed by atoms with van der Waals surface area (Å²) in [5.41, 5.74) is 0.936. The van der Waals surface area contributed by atoms with Gasteiger partial charge in [-0.3, -0.25) is 9.59 Å². The van der Waals surface area contributed by atoms with Gasteiger partial charge in [-0.2, -0.15) is 0 Å². The second kappa shape index (κ2) is 7.83. The second-order valence-corrected chi connectivity index (χ2v) is 5.55. The Morgan fingerprint density at radius 1 is 1.35 bits per heavy atom. The van der Waals surface area contributed by atoms with Gasteiger partial charge in [0.1, 0.15) is 10.8 Å². The first-order chi connectivity index (χ1) is 11.0. The molecule has 0 atom stereocenters. The van der Waals surface area contributed by atoms with Crippen LogP contribution in [0, 0.1) is 0 Å². The SMILES string of the molecule is CCCN(Cc1cccc(OC)c1)C(=O)c1c[nH]c(=O)c(Cl)c1. The Balaban J connectivity index is 2.24. The summed E-state index contributed by atoms with van der Waals surface area (Å²) in [6.07, 6.45) is 2.22. The van der Waals surface area contributed by atoms with Crippen molar-refractivity contribution in [2.24, 2.45) is 0 Å². The maximum Gasteiger partial charge on any atom is 0.266 e. The maximum absolute atomic E-state index is 12.7. The van der Waals surface area contributed by atoms with Crippen LogP contribution in [-0.2, 0) is 6.54 Å². The fourth-order valence-corrected chi connectivity index (χ4v) is 2.45. The van der Waals surface area contributed by atoms with Crippen molar-refractivity contribution >= 4 is 17.5 Å². The number of aromatic nitrogens is 1. The van der Waals surface area contributed by atoms with E-state index >= 15 is 0 Å². The molecule has 0 fully saturated rings. The van der Waals surface area contributed by atoms with Gasteiger partial charge in [-0.25, -0.2) is 0 Å². The molecular weight excluding hydrogens is 316 g/mol. The lowest BCUT2D eigenvalue weighted by Gasteiger charge is -2.22. The van der Waals surface area contributed by atoms with Gasteiger partial charge in [-0.15, -0.1) is 0 Å². The topological polar surface area (TPSA) is 62.4 Å². The number of halogens is 1. The number of hydrogen-bond acceptors (Lipinski definition) is 3. The number of carbonyl (C=O) groups is 1. The van der Waals surface area contributed by atoms with E-state index in [1.165, 1.54) is 12.3 Å². The van der Waals surface area contributed by atoms with Gasteiger partial charge in [0.05, 0.1) is 12.7 Å². The van der Waals surface area contributed by atoms with E-state index in [9.17, 15) is 9.59 Å². The van der Waals surface area contributed by atoms with Crippen LogP contribution in [0.15, 0.2) is 41.3 Å². The Labute approximate surface area is 139 Å². The number of aromatic amines is 1. The molecule has 0 aliphatic carbocycles. The van der Waals surface area contributed by atoms with Crippen molar-refractivity contribution in [3.05, 3.63) is 63.0 Å². The van der Waals surface area contributed by atoms with E-state index in [1.807, 2.05) is 31.2 Å². The summed E-state index contributed by atoms with van der Waals surface area (Å²) in [5.74, 6) is 0.575. The first-order valence-corrected chi connectivity index (χ1v) is 7.73. The predicted octanol–water partition coefficient (Wildman–Crippen LogP) is 3.09.